The maximum Gasteiger partial charge on any atom is 0.306 e. The molecule has 1 atom stereocenters. The topological polar surface area (TPSA) is 107 Å². The van der Waals surface area contributed by atoms with Crippen LogP contribution in [0.3, 0.4) is 0 Å². The van der Waals surface area contributed by atoms with Crippen LogP contribution < -0.4 is 16.8 Å². The Morgan fingerprint density at radius 3 is 2.50 bits per heavy atom. The number of esters is 1. The van der Waals surface area contributed by atoms with E-state index in [0.717, 1.165) is 3.57 Å². The SMILES string of the molecule is CC(C)(C)OC(=O)CC[C@H](Nc1ccc(I)cc1N)C(N)=O. The summed E-state index contributed by atoms with van der Waals surface area (Å²) in [5.41, 5.74) is 11.9. The number of nitrogen functional groups attached to an aromatic ring is 1. The summed E-state index contributed by atoms with van der Waals surface area (Å²) in [4.78, 5) is 23.3. The second kappa shape index (κ2) is 7.66. The summed E-state index contributed by atoms with van der Waals surface area (Å²) in [5.74, 6) is -0.905. The molecule has 6 nitrogen and oxygen atoms in total. The predicted molar refractivity (Wildman–Crippen MR) is 95.3 cm³/mol. The molecule has 0 saturated heterocycles. The first-order valence-corrected chi connectivity index (χ1v) is 7.99. The first kappa shape index (κ1) is 18.5. The average molecular weight is 419 g/mol. The number of amides is 1. The molecular formula is C15H22IN3O3. The van der Waals surface area contributed by atoms with Crippen molar-refractivity contribution in [1.29, 1.82) is 0 Å². The molecule has 0 bridgehead atoms. The minimum atomic E-state index is -0.685. The Kier molecular flexibility index (Phi) is 6.46. The Bertz CT molecular complexity index is 555. The standard InChI is InChI=1S/C15H22IN3O3/c1-15(2,3)22-13(20)7-6-12(14(18)21)19-11-5-4-9(16)8-10(11)17/h4-5,8,12,19H,6-7,17H2,1-3H3,(H2,18,21)/t12-/m0/s1. The zero-order valence-electron chi connectivity index (χ0n) is 13.0. The fourth-order valence-electron chi connectivity index (χ4n) is 1.79. The molecule has 0 aliphatic heterocycles. The molecule has 0 aliphatic carbocycles. The smallest absolute Gasteiger partial charge is 0.306 e. The Morgan fingerprint density at radius 1 is 1.36 bits per heavy atom. The van der Waals surface area contributed by atoms with Crippen molar-refractivity contribution in [3.8, 4) is 0 Å². The van der Waals surface area contributed by atoms with Gasteiger partial charge in [-0.05, 0) is 68.0 Å². The minimum Gasteiger partial charge on any atom is -0.460 e. The molecule has 5 N–H and O–H groups in total. The van der Waals surface area contributed by atoms with Crippen molar-refractivity contribution in [1.82, 2.24) is 0 Å². The van der Waals surface area contributed by atoms with Gasteiger partial charge >= 0.3 is 5.97 Å². The van der Waals surface area contributed by atoms with Gasteiger partial charge < -0.3 is 21.5 Å². The molecular weight excluding hydrogens is 397 g/mol. The molecule has 0 aliphatic rings. The van der Waals surface area contributed by atoms with Crippen molar-refractivity contribution in [2.45, 2.75) is 45.3 Å². The van der Waals surface area contributed by atoms with Gasteiger partial charge in [0, 0.05) is 9.99 Å². The molecule has 0 unspecified atom stereocenters. The van der Waals surface area contributed by atoms with Crippen molar-refractivity contribution in [2.75, 3.05) is 11.1 Å². The molecule has 0 aromatic heterocycles. The highest BCUT2D eigenvalue weighted by Crippen LogP contribution is 2.22. The fraction of sp³-hybridized carbons (Fsp3) is 0.467. The molecule has 7 heteroatoms. The van der Waals surface area contributed by atoms with Crippen LogP contribution in [0.15, 0.2) is 18.2 Å². The van der Waals surface area contributed by atoms with E-state index in [-0.39, 0.29) is 18.8 Å². The molecule has 1 amide bonds. The van der Waals surface area contributed by atoms with Crippen LogP contribution >= 0.6 is 22.6 Å². The van der Waals surface area contributed by atoms with Crippen molar-refractivity contribution >= 4 is 45.8 Å². The predicted octanol–water partition coefficient (Wildman–Crippen LogP) is 2.26. The van der Waals surface area contributed by atoms with Gasteiger partial charge in [-0.25, -0.2) is 0 Å². The number of ether oxygens (including phenoxy) is 1. The summed E-state index contributed by atoms with van der Waals surface area (Å²) in [6.45, 7) is 5.38. The van der Waals surface area contributed by atoms with E-state index in [0.29, 0.717) is 11.4 Å². The van der Waals surface area contributed by atoms with E-state index in [1.54, 1.807) is 32.9 Å². The number of benzene rings is 1. The molecule has 0 fully saturated rings. The molecule has 122 valence electrons. The van der Waals surface area contributed by atoms with Crippen molar-refractivity contribution in [3.05, 3.63) is 21.8 Å². The van der Waals surface area contributed by atoms with E-state index in [9.17, 15) is 9.59 Å². The third-order valence-electron chi connectivity index (χ3n) is 2.74. The average Bonchev–Trinajstić information content (AvgIpc) is 2.34. The third-order valence-corrected chi connectivity index (χ3v) is 3.41. The Labute approximate surface area is 144 Å². The summed E-state index contributed by atoms with van der Waals surface area (Å²) < 4.78 is 6.20. The monoisotopic (exact) mass is 419 g/mol. The molecule has 1 aromatic carbocycles. The number of halogens is 1. The van der Waals surface area contributed by atoms with Crippen LogP contribution in [-0.4, -0.2) is 23.5 Å². The van der Waals surface area contributed by atoms with Gasteiger partial charge in [-0.2, -0.15) is 0 Å². The molecule has 0 radical (unpaired) electrons. The van der Waals surface area contributed by atoms with Crippen molar-refractivity contribution < 1.29 is 14.3 Å². The number of hydrogen-bond donors (Lipinski definition) is 3. The number of primary amides is 1. The lowest BCUT2D eigenvalue weighted by Crippen LogP contribution is -2.36. The minimum absolute atomic E-state index is 0.0994. The van der Waals surface area contributed by atoms with Crippen LogP contribution in [0, 0.1) is 3.57 Å². The van der Waals surface area contributed by atoms with E-state index in [2.05, 4.69) is 27.9 Å². The van der Waals surface area contributed by atoms with Gasteiger partial charge in [0.2, 0.25) is 5.91 Å². The van der Waals surface area contributed by atoms with Gasteiger partial charge in [-0.3, -0.25) is 9.59 Å². The van der Waals surface area contributed by atoms with Gasteiger partial charge in [0.15, 0.2) is 0 Å². The van der Waals surface area contributed by atoms with Gasteiger partial charge in [-0.1, -0.05) is 0 Å². The number of carbonyl (C=O) groups excluding carboxylic acids is 2. The number of hydrogen-bond acceptors (Lipinski definition) is 5. The fourth-order valence-corrected chi connectivity index (χ4v) is 2.31. The summed E-state index contributed by atoms with van der Waals surface area (Å²) in [7, 11) is 0. The molecule has 0 heterocycles. The summed E-state index contributed by atoms with van der Waals surface area (Å²) in [6.07, 6.45) is 0.345. The Morgan fingerprint density at radius 2 is 2.00 bits per heavy atom. The summed E-state index contributed by atoms with van der Waals surface area (Å²) in [6, 6.07) is 4.75. The van der Waals surface area contributed by atoms with Gasteiger partial charge in [0.25, 0.3) is 0 Å². The normalized spacial score (nSPS) is 12.5. The lowest BCUT2D eigenvalue weighted by Gasteiger charge is -2.21. The molecule has 0 saturated carbocycles. The molecule has 1 aromatic rings. The van der Waals surface area contributed by atoms with E-state index in [4.69, 9.17) is 16.2 Å². The Hall–Kier alpha value is -1.51. The van der Waals surface area contributed by atoms with E-state index >= 15 is 0 Å². The van der Waals surface area contributed by atoms with Gasteiger partial charge in [0.1, 0.15) is 11.6 Å². The van der Waals surface area contributed by atoms with E-state index in [1.807, 2.05) is 6.07 Å². The zero-order valence-corrected chi connectivity index (χ0v) is 15.1. The van der Waals surface area contributed by atoms with E-state index in [1.165, 1.54) is 0 Å². The van der Waals surface area contributed by atoms with Crippen molar-refractivity contribution in [2.24, 2.45) is 5.73 Å². The van der Waals surface area contributed by atoms with Gasteiger partial charge in [0.05, 0.1) is 11.4 Å². The van der Waals surface area contributed by atoms with Crippen LogP contribution in [0.25, 0.3) is 0 Å². The second-order valence-corrected chi connectivity index (χ2v) is 7.20. The Balaban J connectivity index is 2.67. The van der Waals surface area contributed by atoms with Crippen LogP contribution in [0.5, 0.6) is 0 Å². The quantitative estimate of drug-likeness (QED) is 0.373. The summed E-state index contributed by atoms with van der Waals surface area (Å²) >= 11 is 2.15. The first-order valence-electron chi connectivity index (χ1n) is 6.91. The van der Waals surface area contributed by atoms with Crippen LogP contribution in [0.4, 0.5) is 11.4 Å². The van der Waals surface area contributed by atoms with Crippen LogP contribution in [-0.2, 0) is 14.3 Å². The highest BCUT2D eigenvalue weighted by molar-refractivity contribution is 14.1. The number of nitrogens with one attached hydrogen (secondary N) is 1. The number of anilines is 2. The second-order valence-electron chi connectivity index (χ2n) is 5.96. The summed E-state index contributed by atoms with van der Waals surface area (Å²) in [5, 5.41) is 2.98. The van der Waals surface area contributed by atoms with Crippen LogP contribution in [0.2, 0.25) is 0 Å². The highest BCUT2D eigenvalue weighted by atomic mass is 127. The maximum absolute atomic E-state index is 11.7. The molecule has 0 spiro atoms. The van der Waals surface area contributed by atoms with E-state index < -0.39 is 17.6 Å². The number of carbonyl (C=O) groups is 2. The maximum atomic E-state index is 11.7. The van der Waals surface area contributed by atoms with Gasteiger partial charge in [-0.15, -0.1) is 0 Å². The molecule has 1 rings (SSSR count). The number of nitrogens with two attached hydrogens (primary N) is 2. The lowest BCUT2D eigenvalue weighted by molar-refractivity contribution is -0.154. The zero-order chi connectivity index (χ0) is 16.9. The molecule has 22 heavy (non-hydrogen) atoms. The van der Waals surface area contributed by atoms with Crippen LogP contribution in [0.1, 0.15) is 33.6 Å². The number of rotatable bonds is 6. The lowest BCUT2D eigenvalue weighted by atomic mass is 10.1. The van der Waals surface area contributed by atoms with Crippen molar-refractivity contribution in [3.63, 3.8) is 0 Å². The first-order chi connectivity index (χ1) is 10.1. The largest absolute Gasteiger partial charge is 0.460 e. The third kappa shape index (κ3) is 6.50. The highest BCUT2D eigenvalue weighted by Gasteiger charge is 2.21.